The first-order valence-corrected chi connectivity index (χ1v) is 6.57. The highest BCUT2D eigenvalue weighted by Crippen LogP contribution is 2.22. The minimum absolute atomic E-state index is 0.668. The minimum Gasteiger partial charge on any atom is -0.497 e. The molecule has 0 radical (unpaired) electrons. The topological polar surface area (TPSA) is 12.5 Å². The van der Waals surface area contributed by atoms with Crippen molar-refractivity contribution >= 4 is 22.4 Å². The van der Waals surface area contributed by atoms with Gasteiger partial charge >= 0.3 is 0 Å². The third-order valence-corrected chi connectivity index (χ3v) is 3.20. The Morgan fingerprint density at radius 1 is 1.11 bits per heavy atom. The van der Waals surface area contributed by atoms with Gasteiger partial charge in [-0.15, -0.1) is 11.6 Å². The summed E-state index contributed by atoms with van der Waals surface area (Å²) in [5, 5.41) is 2.45. The van der Waals surface area contributed by atoms with E-state index < -0.39 is 0 Å². The van der Waals surface area contributed by atoms with Crippen LogP contribution in [0.25, 0.3) is 10.8 Å². The molecule has 0 aromatic heterocycles. The second-order valence-electron chi connectivity index (χ2n) is 4.47. The molecule has 2 aromatic rings. The zero-order chi connectivity index (χ0) is 13.0. The van der Waals surface area contributed by atoms with Crippen LogP contribution in [0.5, 0.6) is 5.75 Å². The molecule has 0 aliphatic carbocycles. The predicted octanol–water partition coefficient (Wildman–Crippen LogP) is 3.52. The van der Waals surface area contributed by atoms with E-state index in [9.17, 15) is 0 Å². The first-order chi connectivity index (χ1) is 8.72. The van der Waals surface area contributed by atoms with Gasteiger partial charge in [-0.25, -0.2) is 0 Å². The van der Waals surface area contributed by atoms with Crippen LogP contribution in [0, 0.1) is 0 Å². The van der Waals surface area contributed by atoms with Crippen molar-refractivity contribution in [2.24, 2.45) is 0 Å². The average molecular weight is 264 g/mol. The van der Waals surface area contributed by atoms with Crippen LogP contribution in [0.3, 0.4) is 0 Å². The third-order valence-electron chi connectivity index (χ3n) is 3.03. The van der Waals surface area contributed by atoms with Gasteiger partial charge in [-0.2, -0.15) is 0 Å². The number of nitrogens with zero attached hydrogens (tertiary/aromatic N) is 1. The summed E-state index contributed by atoms with van der Waals surface area (Å²) in [4.78, 5) is 2.22. The lowest BCUT2D eigenvalue weighted by molar-refractivity contribution is 0.348. The van der Waals surface area contributed by atoms with Gasteiger partial charge in [0, 0.05) is 19.0 Å². The van der Waals surface area contributed by atoms with E-state index in [2.05, 4.69) is 42.3 Å². The van der Waals surface area contributed by atoms with Crippen LogP contribution in [-0.2, 0) is 6.54 Å². The Kier molecular flexibility index (Phi) is 4.45. The van der Waals surface area contributed by atoms with Gasteiger partial charge in [-0.3, -0.25) is 0 Å². The van der Waals surface area contributed by atoms with Crippen molar-refractivity contribution in [3.8, 4) is 5.75 Å². The molecule has 18 heavy (non-hydrogen) atoms. The summed E-state index contributed by atoms with van der Waals surface area (Å²) in [5.41, 5.74) is 1.31. The quantitative estimate of drug-likeness (QED) is 0.766. The average Bonchev–Trinajstić information content (AvgIpc) is 2.38. The highest BCUT2D eigenvalue weighted by atomic mass is 35.5. The number of halogens is 1. The summed E-state index contributed by atoms with van der Waals surface area (Å²) in [6, 6.07) is 12.7. The Balaban J connectivity index is 2.22. The standard InChI is InChI=1S/C15H18ClNO/c1-17(8-7-16)11-12-3-4-14-10-15(18-2)6-5-13(14)9-12/h3-6,9-10H,7-8,11H2,1-2H3. The van der Waals surface area contributed by atoms with Crippen molar-refractivity contribution in [3.63, 3.8) is 0 Å². The highest BCUT2D eigenvalue weighted by Gasteiger charge is 2.02. The van der Waals surface area contributed by atoms with Gasteiger partial charge in [-0.05, 0) is 41.6 Å². The van der Waals surface area contributed by atoms with Gasteiger partial charge in [0.15, 0.2) is 0 Å². The molecule has 2 nitrogen and oxygen atoms in total. The fourth-order valence-corrected chi connectivity index (χ4v) is 2.32. The number of fused-ring (bicyclic) bond motifs is 1. The van der Waals surface area contributed by atoms with Gasteiger partial charge in [0.2, 0.25) is 0 Å². The van der Waals surface area contributed by atoms with Crippen molar-refractivity contribution in [1.82, 2.24) is 4.90 Å². The number of benzene rings is 2. The predicted molar refractivity (Wildman–Crippen MR) is 77.6 cm³/mol. The summed E-state index contributed by atoms with van der Waals surface area (Å²) < 4.78 is 5.23. The molecule has 0 aliphatic heterocycles. The number of rotatable bonds is 5. The van der Waals surface area contributed by atoms with Crippen LogP contribution in [0.1, 0.15) is 5.56 Å². The van der Waals surface area contributed by atoms with Gasteiger partial charge in [0.25, 0.3) is 0 Å². The van der Waals surface area contributed by atoms with Crippen molar-refractivity contribution in [3.05, 3.63) is 42.0 Å². The molecule has 0 bridgehead atoms. The first kappa shape index (κ1) is 13.2. The second kappa shape index (κ2) is 6.07. The summed E-state index contributed by atoms with van der Waals surface area (Å²) in [5.74, 6) is 1.57. The van der Waals surface area contributed by atoms with Crippen LogP contribution in [-0.4, -0.2) is 31.5 Å². The number of hydrogen-bond donors (Lipinski definition) is 0. The molecule has 0 unspecified atom stereocenters. The zero-order valence-electron chi connectivity index (χ0n) is 10.8. The van der Waals surface area contributed by atoms with Gasteiger partial charge < -0.3 is 9.64 Å². The number of methoxy groups -OCH3 is 1. The molecule has 2 rings (SSSR count). The molecule has 0 atom stereocenters. The maximum atomic E-state index is 5.74. The minimum atomic E-state index is 0.668. The molecule has 96 valence electrons. The third kappa shape index (κ3) is 3.15. The van der Waals surface area contributed by atoms with Crippen molar-refractivity contribution < 1.29 is 4.74 Å². The second-order valence-corrected chi connectivity index (χ2v) is 4.85. The number of alkyl halides is 1. The fourth-order valence-electron chi connectivity index (χ4n) is 2.03. The molecule has 0 saturated carbocycles. The molecule has 2 aromatic carbocycles. The Morgan fingerprint density at radius 3 is 2.56 bits per heavy atom. The lowest BCUT2D eigenvalue weighted by Gasteiger charge is -2.15. The molecule has 0 fully saturated rings. The van der Waals surface area contributed by atoms with E-state index >= 15 is 0 Å². The van der Waals surface area contributed by atoms with E-state index in [0.29, 0.717) is 5.88 Å². The molecule has 0 N–H and O–H groups in total. The Hall–Kier alpha value is -1.25. The Morgan fingerprint density at radius 2 is 1.83 bits per heavy atom. The Labute approximate surface area is 113 Å². The summed E-state index contributed by atoms with van der Waals surface area (Å²) in [7, 11) is 3.78. The van der Waals surface area contributed by atoms with E-state index in [1.54, 1.807) is 7.11 Å². The smallest absolute Gasteiger partial charge is 0.119 e. The molecule has 0 aliphatic rings. The molecule has 3 heteroatoms. The van der Waals surface area contributed by atoms with Crippen LogP contribution in [0.4, 0.5) is 0 Å². The molecule has 0 heterocycles. The Bertz CT molecular complexity index is 527. The number of ether oxygens (including phenoxy) is 1. The lowest BCUT2D eigenvalue weighted by Crippen LogP contribution is -2.19. The monoisotopic (exact) mass is 263 g/mol. The molecular weight excluding hydrogens is 246 g/mol. The molecule has 0 spiro atoms. The van der Waals surface area contributed by atoms with Crippen LogP contribution in [0.2, 0.25) is 0 Å². The van der Waals surface area contributed by atoms with E-state index in [-0.39, 0.29) is 0 Å². The summed E-state index contributed by atoms with van der Waals surface area (Å²) >= 11 is 5.74. The van der Waals surface area contributed by atoms with E-state index in [1.807, 2.05) is 6.07 Å². The first-order valence-electron chi connectivity index (χ1n) is 6.04. The summed E-state index contributed by atoms with van der Waals surface area (Å²) in [6.07, 6.45) is 0. The lowest BCUT2D eigenvalue weighted by atomic mass is 10.1. The van der Waals surface area contributed by atoms with Crippen molar-refractivity contribution in [1.29, 1.82) is 0 Å². The molecule has 0 amide bonds. The fraction of sp³-hybridized carbons (Fsp3) is 0.333. The van der Waals surface area contributed by atoms with Crippen LogP contribution < -0.4 is 4.74 Å². The molecule has 0 saturated heterocycles. The van der Waals surface area contributed by atoms with Crippen molar-refractivity contribution in [2.45, 2.75) is 6.54 Å². The summed E-state index contributed by atoms with van der Waals surface area (Å²) in [6.45, 7) is 1.83. The number of hydrogen-bond acceptors (Lipinski definition) is 2. The van der Waals surface area contributed by atoms with Gasteiger partial charge in [0.05, 0.1) is 7.11 Å². The van der Waals surface area contributed by atoms with E-state index in [0.717, 1.165) is 18.8 Å². The van der Waals surface area contributed by atoms with E-state index in [4.69, 9.17) is 16.3 Å². The van der Waals surface area contributed by atoms with E-state index in [1.165, 1.54) is 16.3 Å². The highest BCUT2D eigenvalue weighted by molar-refractivity contribution is 6.18. The van der Waals surface area contributed by atoms with Gasteiger partial charge in [0.1, 0.15) is 5.75 Å². The van der Waals surface area contributed by atoms with Gasteiger partial charge in [-0.1, -0.05) is 18.2 Å². The molecular formula is C15H18ClNO. The van der Waals surface area contributed by atoms with Crippen LogP contribution >= 0.6 is 11.6 Å². The normalized spacial score (nSPS) is 11.1. The SMILES string of the molecule is COc1ccc2cc(CN(C)CCCl)ccc2c1. The van der Waals surface area contributed by atoms with Crippen molar-refractivity contribution in [2.75, 3.05) is 26.6 Å². The maximum absolute atomic E-state index is 5.74. The zero-order valence-corrected chi connectivity index (χ0v) is 11.6. The van der Waals surface area contributed by atoms with Crippen LogP contribution in [0.15, 0.2) is 36.4 Å². The maximum Gasteiger partial charge on any atom is 0.119 e. The largest absolute Gasteiger partial charge is 0.497 e.